The summed E-state index contributed by atoms with van der Waals surface area (Å²) in [5.74, 6) is 6.49. The van der Waals surface area contributed by atoms with Gasteiger partial charge in [0.2, 0.25) is 0 Å². The van der Waals surface area contributed by atoms with Gasteiger partial charge in [0.15, 0.2) is 11.3 Å². The summed E-state index contributed by atoms with van der Waals surface area (Å²) in [6.07, 6.45) is 0. The second-order valence-corrected chi connectivity index (χ2v) is 6.47. The molecule has 1 aromatic heterocycles. The minimum absolute atomic E-state index is 0.0316. The highest BCUT2D eigenvalue weighted by Crippen LogP contribution is 2.25. The van der Waals surface area contributed by atoms with E-state index in [1.54, 1.807) is 12.1 Å². The van der Waals surface area contributed by atoms with Crippen molar-refractivity contribution in [3.63, 3.8) is 0 Å². The zero-order valence-electron chi connectivity index (χ0n) is 12.6. The van der Waals surface area contributed by atoms with Crippen molar-refractivity contribution in [2.45, 2.75) is 17.3 Å². The van der Waals surface area contributed by atoms with Gasteiger partial charge in [0.25, 0.3) is 5.82 Å². The molecule has 0 amide bonds. The van der Waals surface area contributed by atoms with Crippen molar-refractivity contribution in [2.24, 2.45) is 0 Å². The predicted molar refractivity (Wildman–Crippen MR) is 92.6 cm³/mol. The molecule has 0 aliphatic carbocycles. The highest BCUT2D eigenvalue weighted by molar-refractivity contribution is 8.00. The molecule has 23 heavy (non-hydrogen) atoms. The summed E-state index contributed by atoms with van der Waals surface area (Å²) in [5.41, 5.74) is 7.51. The topological polar surface area (TPSA) is 85.9 Å². The Hall–Kier alpha value is -2.60. The summed E-state index contributed by atoms with van der Waals surface area (Å²) in [5, 5.41) is 0.986. The third kappa shape index (κ3) is 2.98. The van der Waals surface area contributed by atoms with Gasteiger partial charge in [0, 0.05) is 5.56 Å². The molecule has 2 aromatic carbocycles. The largest absolute Gasteiger partial charge is 0.321 e. The van der Waals surface area contributed by atoms with E-state index in [4.69, 9.17) is 11.6 Å². The summed E-state index contributed by atoms with van der Waals surface area (Å²) in [4.78, 5) is 17.0. The fourth-order valence-corrected chi connectivity index (χ4v) is 3.23. The Morgan fingerprint density at radius 3 is 2.52 bits per heavy atom. The zero-order valence-corrected chi connectivity index (χ0v) is 13.5. The van der Waals surface area contributed by atoms with Crippen molar-refractivity contribution < 1.29 is 9.47 Å². The molecule has 1 unspecified atom stereocenters. The fourth-order valence-electron chi connectivity index (χ4n) is 2.31. The average Bonchev–Trinajstić information content (AvgIpc) is 2.59. The maximum Gasteiger partial charge on any atom is 0.321 e. The summed E-state index contributed by atoms with van der Waals surface area (Å²) >= 11 is 1.30. The van der Waals surface area contributed by atoms with E-state index in [1.165, 1.54) is 16.4 Å². The molecule has 0 aliphatic rings. The first-order chi connectivity index (χ1) is 11.1. The molecule has 0 aliphatic heterocycles. The highest BCUT2D eigenvalue weighted by atomic mass is 32.2. The molecule has 1 atom stereocenters. The maximum atomic E-state index is 12.5. The maximum absolute atomic E-state index is 12.5. The first-order valence-corrected chi connectivity index (χ1v) is 8.07. The average molecular weight is 325 g/mol. The number of thioether (sulfide) groups is 1. The van der Waals surface area contributed by atoms with E-state index in [9.17, 15) is 4.79 Å². The van der Waals surface area contributed by atoms with Crippen LogP contribution in [0.5, 0.6) is 0 Å². The van der Waals surface area contributed by atoms with E-state index >= 15 is 0 Å². The fraction of sp³-hybridized carbons (Fsp3) is 0.118. The third-order valence-electron chi connectivity index (χ3n) is 3.57. The number of ketones is 1. The van der Waals surface area contributed by atoms with Gasteiger partial charge in [0.05, 0.1) is 10.6 Å². The lowest BCUT2D eigenvalue weighted by molar-refractivity contribution is -0.666. The molecular formula is C17H17N4OS+. The Balaban J connectivity index is 1.92. The highest BCUT2D eigenvalue weighted by Gasteiger charge is 2.24. The van der Waals surface area contributed by atoms with Crippen LogP contribution in [0.2, 0.25) is 0 Å². The normalized spacial score (nSPS) is 12.2. The van der Waals surface area contributed by atoms with Crippen LogP contribution >= 0.6 is 11.8 Å². The number of nitrogens with zero attached hydrogens (tertiary/aromatic N) is 2. The molecule has 5 nitrogen and oxygen atoms in total. The van der Waals surface area contributed by atoms with Crippen LogP contribution in [-0.2, 0) is 0 Å². The van der Waals surface area contributed by atoms with Crippen molar-refractivity contribution >= 4 is 34.3 Å². The number of carbonyl (C=O) groups is 1. The number of fused-ring (bicyclic) bond motifs is 1. The number of hydrogen-bond donors (Lipinski definition) is 2. The second-order valence-electron chi connectivity index (χ2n) is 5.16. The Morgan fingerprint density at radius 2 is 1.78 bits per heavy atom. The van der Waals surface area contributed by atoms with Crippen molar-refractivity contribution in [1.29, 1.82) is 0 Å². The molecule has 0 saturated carbocycles. The molecule has 0 radical (unpaired) electrons. The number of hydrogen-bond acceptors (Lipinski definition) is 5. The number of benzene rings is 2. The molecule has 4 N–H and O–H groups in total. The van der Waals surface area contributed by atoms with Crippen molar-refractivity contribution in [1.82, 2.24) is 4.98 Å². The van der Waals surface area contributed by atoms with E-state index in [1.807, 2.05) is 49.4 Å². The molecule has 0 fully saturated rings. The Labute approximate surface area is 138 Å². The van der Waals surface area contributed by atoms with Gasteiger partial charge < -0.3 is 5.73 Å². The summed E-state index contributed by atoms with van der Waals surface area (Å²) in [6, 6.07) is 16.7. The molecule has 0 saturated heterocycles. The number of carbonyl (C=O) groups excluding carboxylic acids is 1. The molecule has 3 aromatic rings. The lowest BCUT2D eigenvalue weighted by Gasteiger charge is -2.10. The molecule has 0 spiro atoms. The van der Waals surface area contributed by atoms with Gasteiger partial charge in [-0.1, -0.05) is 47.4 Å². The molecule has 3 rings (SSSR count). The SMILES string of the molecule is CC(Sc1nc2ccccc2c(N)[n+]1N)C(=O)c1ccccc1. The second kappa shape index (κ2) is 6.26. The standard InChI is InChI=1S/C17H16N4OS/c1-11(15(22)12-7-3-2-4-8-12)23-17-20-14-10-6-5-9-13(14)16(18)21(17)19/h2-11,18H,19H2,1H3/p+1. The van der Waals surface area contributed by atoms with E-state index in [0.29, 0.717) is 16.5 Å². The minimum Gasteiger partial charge on any atom is -0.316 e. The van der Waals surface area contributed by atoms with Gasteiger partial charge in [-0.25, -0.2) is 0 Å². The number of nitrogen functional groups attached to an aromatic ring is 2. The van der Waals surface area contributed by atoms with Gasteiger partial charge >= 0.3 is 5.16 Å². The first kappa shape index (κ1) is 15.3. The Morgan fingerprint density at radius 1 is 1.13 bits per heavy atom. The smallest absolute Gasteiger partial charge is 0.316 e. The van der Waals surface area contributed by atoms with Gasteiger partial charge in [-0.2, -0.15) is 0 Å². The van der Waals surface area contributed by atoms with Crippen LogP contribution in [0.15, 0.2) is 59.8 Å². The monoisotopic (exact) mass is 325 g/mol. The number of Topliss-reactive ketones (excluding diaryl/α,β-unsaturated/α-hetero) is 1. The number of nitrogens with two attached hydrogens (primary N) is 2. The summed E-state index contributed by atoms with van der Waals surface area (Å²) in [7, 11) is 0. The number of rotatable bonds is 4. The molecule has 116 valence electrons. The third-order valence-corrected chi connectivity index (χ3v) is 4.64. The molecule has 1 heterocycles. The van der Waals surface area contributed by atoms with Crippen LogP contribution in [0, 0.1) is 0 Å². The van der Waals surface area contributed by atoms with Gasteiger partial charge in [0.1, 0.15) is 0 Å². The number of para-hydroxylation sites is 1. The van der Waals surface area contributed by atoms with Crippen molar-refractivity contribution in [3.8, 4) is 0 Å². The molecular weight excluding hydrogens is 308 g/mol. The van der Waals surface area contributed by atoms with Crippen LogP contribution in [0.3, 0.4) is 0 Å². The first-order valence-electron chi connectivity index (χ1n) is 7.19. The predicted octanol–water partition coefficient (Wildman–Crippen LogP) is 2.18. The van der Waals surface area contributed by atoms with E-state index in [0.717, 1.165) is 10.9 Å². The molecule has 0 bridgehead atoms. The van der Waals surface area contributed by atoms with Crippen molar-refractivity contribution in [3.05, 3.63) is 60.2 Å². The van der Waals surface area contributed by atoms with Crippen LogP contribution in [-0.4, -0.2) is 16.0 Å². The van der Waals surface area contributed by atoms with Gasteiger partial charge in [-0.05, 0) is 30.8 Å². The van der Waals surface area contributed by atoms with Crippen LogP contribution in [0.4, 0.5) is 5.82 Å². The summed E-state index contributed by atoms with van der Waals surface area (Å²) < 4.78 is 1.34. The van der Waals surface area contributed by atoms with Crippen LogP contribution in [0.25, 0.3) is 10.9 Å². The Bertz CT molecular complexity index is 867. The lowest BCUT2D eigenvalue weighted by Crippen LogP contribution is -2.50. The zero-order chi connectivity index (χ0) is 16.4. The van der Waals surface area contributed by atoms with Crippen LogP contribution < -0.4 is 16.3 Å². The molecule has 6 heteroatoms. The van der Waals surface area contributed by atoms with Crippen molar-refractivity contribution in [2.75, 3.05) is 11.6 Å². The van der Waals surface area contributed by atoms with Gasteiger partial charge in [-0.3, -0.25) is 10.6 Å². The minimum atomic E-state index is -0.319. The lowest BCUT2D eigenvalue weighted by atomic mass is 10.1. The Kier molecular flexibility index (Phi) is 4.16. The number of aromatic nitrogens is 2. The summed E-state index contributed by atoms with van der Waals surface area (Å²) in [6.45, 7) is 1.84. The van der Waals surface area contributed by atoms with E-state index in [-0.39, 0.29) is 11.0 Å². The van der Waals surface area contributed by atoms with E-state index in [2.05, 4.69) is 4.98 Å². The van der Waals surface area contributed by atoms with E-state index < -0.39 is 0 Å². The van der Waals surface area contributed by atoms with Gasteiger partial charge in [-0.15, -0.1) is 4.68 Å². The van der Waals surface area contributed by atoms with Crippen LogP contribution in [0.1, 0.15) is 17.3 Å². The quantitative estimate of drug-likeness (QED) is 0.252. The number of anilines is 1.